The third-order valence-corrected chi connectivity index (χ3v) is 12.5. The summed E-state index contributed by atoms with van der Waals surface area (Å²) < 4.78 is 13.7. The van der Waals surface area contributed by atoms with Crippen LogP contribution < -0.4 is 0 Å². The molecule has 0 radical (unpaired) electrons. The molecule has 0 amide bonds. The largest absolute Gasteiger partial charge is 0.465 e. The number of carbonyl (C=O) groups is 2. The van der Waals surface area contributed by atoms with Crippen LogP contribution in [0.3, 0.4) is 0 Å². The number of aliphatic hydroxyl groups is 2. The van der Waals surface area contributed by atoms with Gasteiger partial charge in [-0.05, 0) is 83.6 Å². The van der Waals surface area contributed by atoms with Crippen molar-refractivity contribution in [1.29, 1.82) is 0 Å². The van der Waals surface area contributed by atoms with E-state index in [9.17, 15) is 19.8 Å². The summed E-state index contributed by atoms with van der Waals surface area (Å²) in [6.07, 6.45) is 40.1. The summed E-state index contributed by atoms with van der Waals surface area (Å²) in [5, 5.41) is 22.2. The van der Waals surface area contributed by atoms with Crippen LogP contribution in [0.1, 0.15) is 240 Å². The molecule has 0 spiro atoms. The standard InChI is InChI=1S/C52H99N3O6/c1-5-9-13-17-19-24-34-47(32-22-15-11-7-3)51(58)60-42-30-26-36-49(56)44-55(40-29-21-28-39-54-41-38-53-46-54)45-50(57)37-27-31-43-61-52(59)48(33-23-16-12-8-4)35-25-20-18-14-10-6-2/h38,41,46-50,56-57H,5-37,39-40,42-45H2,1-4H3. The van der Waals surface area contributed by atoms with Crippen LogP contribution in [0.15, 0.2) is 18.7 Å². The average molecular weight is 862 g/mol. The van der Waals surface area contributed by atoms with Crippen LogP contribution in [-0.4, -0.2) is 81.7 Å². The molecule has 358 valence electrons. The molecule has 0 aromatic carbocycles. The number of ether oxygens (including phenoxy) is 2. The lowest BCUT2D eigenvalue weighted by molar-refractivity contribution is -0.150. The SMILES string of the molecule is CCCCCCCCC(CCCCCC)C(=O)OCCCCC(O)CN(CCCCCn1ccnc1)CC(O)CCCCOC(=O)C(CCCCCC)CCCCCCCC. The van der Waals surface area contributed by atoms with E-state index in [1.165, 1.54) is 103 Å². The predicted molar refractivity (Wildman–Crippen MR) is 255 cm³/mol. The van der Waals surface area contributed by atoms with E-state index < -0.39 is 12.2 Å². The average Bonchev–Trinajstić information content (AvgIpc) is 3.78. The van der Waals surface area contributed by atoms with Gasteiger partial charge in [-0.2, -0.15) is 0 Å². The summed E-state index contributed by atoms with van der Waals surface area (Å²) in [4.78, 5) is 32.6. The molecule has 1 heterocycles. The second-order valence-corrected chi connectivity index (χ2v) is 18.5. The highest BCUT2D eigenvalue weighted by molar-refractivity contribution is 5.72. The van der Waals surface area contributed by atoms with Gasteiger partial charge in [0.15, 0.2) is 0 Å². The molecule has 2 N–H and O–H groups in total. The molecule has 0 fully saturated rings. The van der Waals surface area contributed by atoms with Crippen molar-refractivity contribution in [2.45, 2.75) is 258 Å². The van der Waals surface area contributed by atoms with Gasteiger partial charge in [-0.1, -0.05) is 163 Å². The van der Waals surface area contributed by atoms with Gasteiger partial charge in [-0.3, -0.25) is 14.5 Å². The summed E-state index contributed by atoms with van der Waals surface area (Å²) in [5.74, 6) is -0.0218. The number of nitrogens with zero attached hydrogens (tertiary/aromatic N) is 3. The minimum absolute atomic E-state index is 0.0146. The van der Waals surface area contributed by atoms with Gasteiger partial charge in [0.1, 0.15) is 0 Å². The van der Waals surface area contributed by atoms with E-state index in [1.807, 2.05) is 18.7 Å². The number of hydrogen-bond donors (Lipinski definition) is 2. The number of aliphatic hydroxyl groups excluding tert-OH is 2. The minimum Gasteiger partial charge on any atom is -0.465 e. The second kappa shape index (κ2) is 42.0. The third-order valence-electron chi connectivity index (χ3n) is 12.5. The first-order valence-electron chi connectivity index (χ1n) is 26.2. The van der Waals surface area contributed by atoms with Crippen molar-refractivity contribution in [3.63, 3.8) is 0 Å². The Morgan fingerprint density at radius 1 is 0.508 bits per heavy atom. The van der Waals surface area contributed by atoms with E-state index in [1.54, 1.807) is 0 Å². The third kappa shape index (κ3) is 34.2. The quantitative estimate of drug-likeness (QED) is 0.0492. The second-order valence-electron chi connectivity index (χ2n) is 18.5. The van der Waals surface area contributed by atoms with Gasteiger partial charge < -0.3 is 24.3 Å². The van der Waals surface area contributed by atoms with E-state index in [4.69, 9.17) is 9.47 Å². The van der Waals surface area contributed by atoms with Gasteiger partial charge in [-0.25, -0.2) is 4.98 Å². The van der Waals surface area contributed by atoms with Gasteiger partial charge in [0, 0.05) is 32.0 Å². The van der Waals surface area contributed by atoms with E-state index in [2.05, 4.69) is 42.1 Å². The molecule has 1 aromatic rings. The van der Waals surface area contributed by atoms with Gasteiger partial charge in [0.05, 0.1) is 43.6 Å². The number of unbranched alkanes of at least 4 members (excludes halogenated alkanes) is 20. The lowest BCUT2D eigenvalue weighted by Gasteiger charge is -2.27. The summed E-state index contributed by atoms with van der Waals surface area (Å²) in [7, 11) is 0. The Kier molecular flexibility index (Phi) is 39.3. The van der Waals surface area contributed by atoms with Crippen molar-refractivity contribution in [3.8, 4) is 0 Å². The number of aromatic nitrogens is 2. The predicted octanol–water partition coefficient (Wildman–Crippen LogP) is 13.2. The zero-order chi connectivity index (χ0) is 44.4. The maximum Gasteiger partial charge on any atom is 0.308 e. The molecule has 9 nitrogen and oxygen atoms in total. The monoisotopic (exact) mass is 862 g/mol. The highest BCUT2D eigenvalue weighted by atomic mass is 16.5. The van der Waals surface area contributed by atoms with E-state index in [-0.39, 0.29) is 23.8 Å². The fourth-order valence-corrected chi connectivity index (χ4v) is 8.54. The Balaban J connectivity index is 2.54. The first-order valence-corrected chi connectivity index (χ1v) is 26.2. The highest BCUT2D eigenvalue weighted by Gasteiger charge is 2.21. The summed E-state index contributed by atoms with van der Waals surface area (Å²) >= 11 is 0. The van der Waals surface area contributed by atoms with Gasteiger partial charge in [-0.15, -0.1) is 0 Å². The molecule has 1 rings (SSSR count). The van der Waals surface area contributed by atoms with Crippen LogP contribution in [0.2, 0.25) is 0 Å². The summed E-state index contributed by atoms with van der Waals surface area (Å²) in [6.45, 7) is 12.6. The number of hydrogen-bond acceptors (Lipinski definition) is 8. The molecule has 0 saturated carbocycles. The number of esters is 2. The lowest BCUT2D eigenvalue weighted by atomic mass is 9.94. The minimum atomic E-state index is -0.501. The molecule has 0 saturated heterocycles. The first kappa shape index (κ1) is 57.0. The Bertz CT molecular complexity index is 1030. The van der Waals surface area contributed by atoms with Crippen LogP contribution in [0.4, 0.5) is 0 Å². The lowest BCUT2D eigenvalue weighted by Crippen LogP contribution is -2.38. The van der Waals surface area contributed by atoms with Crippen molar-refractivity contribution >= 4 is 11.9 Å². The summed E-state index contributed by atoms with van der Waals surface area (Å²) in [6, 6.07) is 0. The van der Waals surface area contributed by atoms with Crippen LogP contribution >= 0.6 is 0 Å². The maximum atomic E-state index is 13.1. The number of imidazole rings is 1. The topological polar surface area (TPSA) is 114 Å². The van der Waals surface area contributed by atoms with Crippen molar-refractivity contribution in [2.75, 3.05) is 32.8 Å². The molecule has 0 aliphatic heterocycles. The number of rotatable bonds is 46. The Labute approximate surface area is 376 Å². The number of aryl methyl sites for hydroxylation is 1. The van der Waals surface area contributed by atoms with E-state index in [0.717, 1.165) is 109 Å². The van der Waals surface area contributed by atoms with Crippen LogP contribution in [0, 0.1) is 11.8 Å². The maximum absolute atomic E-state index is 13.1. The Hall–Kier alpha value is -1.97. The van der Waals surface area contributed by atoms with E-state index in [0.29, 0.717) is 39.1 Å². The molecule has 0 aliphatic carbocycles. The van der Waals surface area contributed by atoms with E-state index >= 15 is 0 Å². The van der Waals surface area contributed by atoms with Crippen molar-refractivity contribution in [2.24, 2.45) is 11.8 Å². The first-order chi connectivity index (χ1) is 29.8. The van der Waals surface area contributed by atoms with Crippen LogP contribution in [0.25, 0.3) is 0 Å². The molecular formula is C52H99N3O6. The fourth-order valence-electron chi connectivity index (χ4n) is 8.54. The fraction of sp³-hybridized carbons (Fsp3) is 0.904. The van der Waals surface area contributed by atoms with Gasteiger partial charge in [0.2, 0.25) is 0 Å². The van der Waals surface area contributed by atoms with Gasteiger partial charge in [0.25, 0.3) is 0 Å². The van der Waals surface area contributed by atoms with Crippen LogP contribution in [0.5, 0.6) is 0 Å². The molecule has 4 atom stereocenters. The molecule has 0 aliphatic rings. The molecule has 61 heavy (non-hydrogen) atoms. The normalized spacial score (nSPS) is 13.7. The van der Waals surface area contributed by atoms with Crippen molar-refractivity contribution in [1.82, 2.24) is 14.5 Å². The zero-order valence-corrected chi connectivity index (χ0v) is 40.5. The van der Waals surface area contributed by atoms with Crippen molar-refractivity contribution in [3.05, 3.63) is 18.7 Å². The molecule has 4 unspecified atom stereocenters. The zero-order valence-electron chi connectivity index (χ0n) is 40.5. The number of carbonyl (C=O) groups excluding carboxylic acids is 2. The smallest absolute Gasteiger partial charge is 0.308 e. The van der Waals surface area contributed by atoms with Gasteiger partial charge >= 0.3 is 11.9 Å². The van der Waals surface area contributed by atoms with Crippen molar-refractivity contribution < 1.29 is 29.3 Å². The Morgan fingerprint density at radius 2 is 0.885 bits per heavy atom. The molecule has 9 heteroatoms. The molecule has 1 aromatic heterocycles. The Morgan fingerprint density at radius 3 is 1.30 bits per heavy atom. The highest BCUT2D eigenvalue weighted by Crippen LogP contribution is 2.22. The molecule has 0 bridgehead atoms. The van der Waals surface area contributed by atoms with Crippen LogP contribution in [-0.2, 0) is 25.6 Å². The summed E-state index contributed by atoms with van der Waals surface area (Å²) in [5.41, 5.74) is 0. The molecular weight excluding hydrogens is 763 g/mol.